The van der Waals surface area contributed by atoms with Crippen molar-refractivity contribution in [2.24, 2.45) is 0 Å². The molecule has 0 unspecified atom stereocenters. The number of carbonyl (C=O) groups excluding carboxylic acids is 1. The number of thiophene rings is 1. The molecule has 2 aromatic carbocycles. The number of aromatic hydroxyl groups is 1. The van der Waals surface area contributed by atoms with Gasteiger partial charge in [-0.1, -0.05) is 29.8 Å². The van der Waals surface area contributed by atoms with Gasteiger partial charge in [0.05, 0.1) is 5.56 Å². The summed E-state index contributed by atoms with van der Waals surface area (Å²) in [5.41, 5.74) is 2.31. The van der Waals surface area contributed by atoms with Crippen molar-refractivity contribution in [1.82, 2.24) is 0 Å². The number of allylic oxidation sites excluding steroid dienone is 1. The van der Waals surface area contributed by atoms with Gasteiger partial charge in [0, 0.05) is 4.70 Å². The van der Waals surface area contributed by atoms with Gasteiger partial charge in [-0.05, 0) is 53.6 Å². The summed E-state index contributed by atoms with van der Waals surface area (Å²) < 4.78 is 1.20. The van der Waals surface area contributed by atoms with Crippen molar-refractivity contribution < 1.29 is 9.90 Å². The van der Waals surface area contributed by atoms with E-state index in [0.29, 0.717) is 5.56 Å². The molecule has 0 saturated carbocycles. The number of hydrogen-bond acceptors (Lipinski definition) is 3. The average Bonchev–Trinajstić information content (AvgIpc) is 2.90. The smallest absolute Gasteiger partial charge is 0.189 e. The summed E-state index contributed by atoms with van der Waals surface area (Å²) in [7, 11) is 0. The minimum atomic E-state index is -0.188. The lowest BCUT2D eigenvalue weighted by atomic mass is 10.1. The third kappa shape index (κ3) is 2.73. The predicted octanol–water partition coefficient (Wildman–Crippen LogP) is 4.81. The topological polar surface area (TPSA) is 37.3 Å². The molecule has 3 aromatic rings. The lowest BCUT2D eigenvalue weighted by Crippen LogP contribution is -1.95. The fourth-order valence-electron chi connectivity index (χ4n) is 2.23. The Morgan fingerprint density at radius 3 is 2.86 bits per heavy atom. The predicted molar refractivity (Wildman–Crippen MR) is 88.0 cm³/mol. The molecule has 0 atom stereocenters. The highest BCUT2D eigenvalue weighted by Gasteiger charge is 2.08. The maximum Gasteiger partial charge on any atom is 0.189 e. The van der Waals surface area contributed by atoms with Crippen LogP contribution in [0, 0.1) is 6.92 Å². The third-order valence-electron chi connectivity index (χ3n) is 3.34. The number of rotatable bonds is 3. The Morgan fingerprint density at radius 1 is 1.19 bits per heavy atom. The van der Waals surface area contributed by atoms with E-state index in [1.165, 1.54) is 10.8 Å². The van der Waals surface area contributed by atoms with E-state index in [1.807, 2.05) is 36.6 Å². The van der Waals surface area contributed by atoms with Crippen molar-refractivity contribution in [2.45, 2.75) is 6.92 Å². The largest absolute Gasteiger partial charge is 0.507 e. The lowest BCUT2D eigenvalue weighted by molar-refractivity contribution is 0.104. The molecule has 3 heteroatoms. The van der Waals surface area contributed by atoms with Crippen molar-refractivity contribution in [3.63, 3.8) is 0 Å². The minimum absolute atomic E-state index is 0.0189. The standard InChI is InChI=1S/C18H14O2S/c1-12-6-8-16(19)15(10-12)17(20)9-7-13-11-21-18-5-3-2-4-14(13)18/h2-11,19H,1H3/b9-7+. The number of carbonyl (C=O) groups is 1. The second-order valence-electron chi connectivity index (χ2n) is 4.91. The molecule has 0 aliphatic rings. The zero-order valence-corrected chi connectivity index (χ0v) is 12.4. The van der Waals surface area contributed by atoms with Gasteiger partial charge in [-0.15, -0.1) is 11.3 Å². The Kier molecular flexibility index (Phi) is 3.59. The second kappa shape index (κ2) is 5.54. The number of fused-ring (bicyclic) bond motifs is 1. The molecule has 0 saturated heterocycles. The first-order chi connectivity index (χ1) is 10.1. The van der Waals surface area contributed by atoms with Crippen LogP contribution in [0.2, 0.25) is 0 Å². The molecule has 0 aliphatic carbocycles. The Balaban J connectivity index is 1.92. The Labute approximate surface area is 127 Å². The van der Waals surface area contributed by atoms with Crippen molar-refractivity contribution in [2.75, 3.05) is 0 Å². The second-order valence-corrected chi connectivity index (χ2v) is 5.82. The summed E-state index contributed by atoms with van der Waals surface area (Å²) in [6.07, 6.45) is 3.33. The van der Waals surface area contributed by atoms with E-state index in [2.05, 4.69) is 6.07 Å². The Morgan fingerprint density at radius 2 is 2.00 bits per heavy atom. The van der Waals surface area contributed by atoms with Crippen LogP contribution in [0.3, 0.4) is 0 Å². The number of ketones is 1. The van der Waals surface area contributed by atoms with E-state index < -0.39 is 0 Å². The first kappa shape index (κ1) is 13.6. The van der Waals surface area contributed by atoms with Gasteiger partial charge < -0.3 is 5.11 Å². The van der Waals surface area contributed by atoms with Crippen LogP contribution in [-0.4, -0.2) is 10.9 Å². The van der Waals surface area contributed by atoms with Crippen molar-refractivity contribution in [1.29, 1.82) is 0 Å². The first-order valence-electron chi connectivity index (χ1n) is 6.63. The van der Waals surface area contributed by atoms with Crippen LogP contribution in [-0.2, 0) is 0 Å². The minimum Gasteiger partial charge on any atom is -0.507 e. The van der Waals surface area contributed by atoms with E-state index in [-0.39, 0.29) is 11.5 Å². The molecule has 21 heavy (non-hydrogen) atoms. The first-order valence-corrected chi connectivity index (χ1v) is 7.51. The molecule has 1 N–H and O–H groups in total. The maximum atomic E-state index is 12.2. The van der Waals surface area contributed by atoms with E-state index >= 15 is 0 Å². The van der Waals surface area contributed by atoms with Crippen LogP contribution in [0.1, 0.15) is 21.5 Å². The highest BCUT2D eigenvalue weighted by molar-refractivity contribution is 7.17. The summed E-state index contributed by atoms with van der Waals surface area (Å²) in [5, 5.41) is 13.0. The fraction of sp³-hybridized carbons (Fsp3) is 0.0556. The third-order valence-corrected chi connectivity index (χ3v) is 4.32. The molecule has 104 valence electrons. The number of phenols is 1. The maximum absolute atomic E-state index is 12.2. The summed E-state index contributed by atoms with van der Waals surface area (Å²) >= 11 is 1.66. The molecular weight excluding hydrogens is 280 g/mol. The van der Waals surface area contributed by atoms with Crippen molar-refractivity contribution >= 4 is 33.3 Å². The number of aryl methyl sites for hydroxylation is 1. The van der Waals surface area contributed by atoms with Gasteiger partial charge in [-0.25, -0.2) is 0 Å². The highest BCUT2D eigenvalue weighted by Crippen LogP contribution is 2.27. The van der Waals surface area contributed by atoms with E-state index in [4.69, 9.17) is 0 Å². The van der Waals surface area contributed by atoms with E-state index in [0.717, 1.165) is 16.5 Å². The van der Waals surface area contributed by atoms with Crippen LogP contribution >= 0.6 is 11.3 Å². The van der Waals surface area contributed by atoms with Crippen LogP contribution in [0.25, 0.3) is 16.2 Å². The summed E-state index contributed by atoms with van der Waals surface area (Å²) in [6.45, 7) is 1.90. The van der Waals surface area contributed by atoms with Gasteiger partial charge in [-0.2, -0.15) is 0 Å². The molecule has 0 spiro atoms. The average molecular weight is 294 g/mol. The number of hydrogen-bond donors (Lipinski definition) is 1. The SMILES string of the molecule is Cc1ccc(O)c(C(=O)/C=C/c2csc3ccccc23)c1. The fourth-order valence-corrected chi connectivity index (χ4v) is 3.16. The molecule has 3 rings (SSSR count). The molecule has 0 amide bonds. The highest BCUT2D eigenvalue weighted by atomic mass is 32.1. The zero-order valence-electron chi connectivity index (χ0n) is 11.5. The molecule has 1 heterocycles. The molecule has 0 bridgehead atoms. The van der Waals surface area contributed by atoms with Crippen LogP contribution < -0.4 is 0 Å². The molecule has 1 aromatic heterocycles. The van der Waals surface area contributed by atoms with Gasteiger partial charge in [0.25, 0.3) is 0 Å². The normalized spacial score (nSPS) is 11.3. The number of phenolic OH excluding ortho intramolecular Hbond substituents is 1. The quantitative estimate of drug-likeness (QED) is 0.556. The van der Waals surface area contributed by atoms with E-state index in [1.54, 1.807) is 29.5 Å². The van der Waals surface area contributed by atoms with Gasteiger partial charge in [0.1, 0.15) is 5.75 Å². The van der Waals surface area contributed by atoms with Gasteiger partial charge >= 0.3 is 0 Å². The Hall–Kier alpha value is -2.39. The lowest BCUT2D eigenvalue weighted by Gasteiger charge is -2.01. The number of benzene rings is 2. The molecule has 0 aliphatic heterocycles. The summed E-state index contributed by atoms with van der Waals surface area (Å²) in [6, 6.07) is 13.1. The van der Waals surface area contributed by atoms with Crippen molar-refractivity contribution in [3.8, 4) is 5.75 Å². The summed E-state index contributed by atoms with van der Waals surface area (Å²) in [5.74, 6) is -0.170. The molecule has 0 fully saturated rings. The molecular formula is C18H14O2S. The van der Waals surface area contributed by atoms with Crippen LogP contribution in [0.5, 0.6) is 5.75 Å². The molecule has 0 radical (unpaired) electrons. The van der Waals surface area contributed by atoms with Gasteiger partial charge in [0.2, 0.25) is 0 Å². The van der Waals surface area contributed by atoms with Gasteiger partial charge in [0.15, 0.2) is 5.78 Å². The van der Waals surface area contributed by atoms with E-state index in [9.17, 15) is 9.90 Å². The zero-order chi connectivity index (χ0) is 14.8. The van der Waals surface area contributed by atoms with Crippen molar-refractivity contribution in [3.05, 3.63) is 70.6 Å². The monoisotopic (exact) mass is 294 g/mol. The van der Waals surface area contributed by atoms with Crippen LogP contribution in [0.15, 0.2) is 53.9 Å². The molecule has 2 nitrogen and oxygen atoms in total. The summed E-state index contributed by atoms with van der Waals surface area (Å²) in [4.78, 5) is 12.2. The Bertz CT molecular complexity index is 843. The van der Waals surface area contributed by atoms with Gasteiger partial charge in [-0.3, -0.25) is 4.79 Å². The van der Waals surface area contributed by atoms with Crippen LogP contribution in [0.4, 0.5) is 0 Å².